The zero-order chi connectivity index (χ0) is 20.6. The van der Waals surface area contributed by atoms with Crippen LogP contribution in [-0.4, -0.2) is 68.5 Å². The fourth-order valence-electron chi connectivity index (χ4n) is 4.88. The van der Waals surface area contributed by atoms with Gasteiger partial charge in [0, 0.05) is 25.7 Å². The molecule has 0 spiro atoms. The van der Waals surface area contributed by atoms with Crippen LogP contribution < -0.4 is 0 Å². The van der Waals surface area contributed by atoms with E-state index in [1.54, 1.807) is 13.8 Å². The number of carbonyl (C=O) groups is 2. The van der Waals surface area contributed by atoms with E-state index in [1.165, 1.54) is 13.8 Å². The van der Waals surface area contributed by atoms with E-state index in [2.05, 4.69) is 0 Å². The molecule has 27 heavy (non-hydrogen) atoms. The summed E-state index contributed by atoms with van der Waals surface area (Å²) in [5.41, 5.74) is -4.16. The minimum Gasteiger partial charge on any atom is -0.463 e. The Bertz CT molecular complexity index is 552. The predicted molar refractivity (Wildman–Crippen MR) is 94.4 cm³/mol. The lowest BCUT2D eigenvalue weighted by atomic mass is 9.72. The number of rotatable bonds is 5. The highest BCUT2D eigenvalue weighted by atomic mass is 16.6. The quantitative estimate of drug-likeness (QED) is 0.489. The zero-order valence-corrected chi connectivity index (χ0v) is 16.5. The molecule has 6 atom stereocenters. The van der Waals surface area contributed by atoms with Crippen LogP contribution >= 0.6 is 0 Å². The van der Waals surface area contributed by atoms with E-state index in [1.807, 2.05) is 0 Å². The largest absolute Gasteiger partial charge is 0.463 e. The van der Waals surface area contributed by atoms with Crippen molar-refractivity contribution in [2.75, 3.05) is 13.2 Å². The van der Waals surface area contributed by atoms with Crippen LogP contribution in [0.1, 0.15) is 53.4 Å². The third kappa shape index (κ3) is 4.62. The van der Waals surface area contributed by atoms with Crippen molar-refractivity contribution in [2.24, 2.45) is 17.8 Å². The average molecular weight is 388 g/mol. The van der Waals surface area contributed by atoms with Crippen molar-refractivity contribution in [3.63, 3.8) is 0 Å². The van der Waals surface area contributed by atoms with E-state index in [4.69, 9.17) is 9.47 Å². The van der Waals surface area contributed by atoms with Crippen LogP contribution in [0.25, 0.3) is 0 Å². The number of aliphatic hydroxyl groups excluding tert-OH is 1. The molecule has 2 fully saturated rings. The van der Waals surface area contributed by atoms with Crippen molar-refractivity contribution in [2.45, 2.75) is 76.3 Å². The molecule has 0 aromatic carbocycles. The molecule has 156 valence electrons. The van der Waals surface area contributed by atoms with Crippen molar-refractivity contribution < 1.29 is 39.5 Å². The summed E-state index contributed by atoms with van der Waals surface area (Å²) in [5.74, 6) is -3.09. The van der Waals surface area contributed by atoms with E-state index in [-0.39, 0.29) is 18.8 Å². The summed E-state index contributed by atoms with van der Waals surface area (Å²) in [6.07, 6.45) is 0.317. The highest BCUT2D eigenvalue weighted by molar-refractivity contribution is 5.66. The van der Waals surface area contributed by atoms with Gasteiger partial charge in [-0.15, -0.1) is 0 Å². The number of esters is 2. The summed E-state index contributed by atoms with van der Waals surface area (Å²) in [6, 6.07) is 0. The van der Waals surface area contributed by atoms with Crippen molar-refractivity contribution in [3.05, 3.63) is 0 Å². The van der Waals surface area contributed by atoms with Gasteiger partial charge in [-0.1, -0.05) is 0 Å². The minimum absolute atomic E-state index is 0.219. The molecule has 0 aliphatic heterocycles. The second-order valence-corrected chi connectivity index (χ2v) is 8.69. The summed E-state index contributed by atoms with van der Waals surface area (Å²) in [6.45, 7) is 4.77. The molecule has 0 heterocycles. The predicted octanol–water partition coefficient (Wildman–Crippen LogP) is 0.143. The standard InChI is InChI=1S/C19H32O8/c1-11(20)26-9-19(25,10-27-12(2)21)14-6-7-17(3,23)13-5-8-18(4,24)15(13)16(14)22/h13-16,22-25H,5-10H2,1-4H3/t13-,14-,15+,16+,17-,18-/m1/s1. The van der Waals surface area contributed by atoms with Gasteiger partial charge >= 0.3 is 11.9 Å². The minimum atomic E-state index is -1.83. The van der Waals surface area contributed by atoms with Gasteiger partial charge < -0.3 is 29.9 Å². The molecule has 2 aliphatic rings. The Hall–Kier alpha value is -1.22. The van der Waals surface area contributed by atoms with E-state index in [0.29, 0.717) is 12.8 Å². The third-order valence-electron chi connectivity index (χ3n) is 6.39. The van der Waals surface area contributed by atoms with Gasteiger partial charge in [0.1, 0.15) is 18.8 Å². The lowest BCUT2D eigenvalue weighted by Gasteiger charge is -2.42. The first-order chi connectivity index (χ1) is 12.3. The molecule has 4 N–H and O–H groups in total. The van der Waals surface area contributed by atoms with E-state index < -0.39 is 59.9 Å². The molecule has 2 rings (SSSR count). The van der Waals surface area contributed by atoms with Gasteiger partial charge in [0.2, 0.25) is 0 Å². The lowest BCUT2D eigenvalue weighted by Crippen LogP contribution is -2.56. The van der Waals surface area contributed by atoms with E-state index >= 15 is 0 Å². The normalized spacial score (nSPS) is 39.4. The fraction of sp³-hybridized carbons (Fsp3) is 0.895. The zero-order valence-electron chi connectivity index (χ0n) is 16.5. The Morgan fingerprint density at radius 2 is 1.48 bits per heavy atom. The topological polar surface area (TPSA) is 134 Å². The number of hydrogen-bond acceptors (Lipinski definition) is 8. The Kier molecular flexibility index (Phi) is 6.26. The number of ether oxygens (including phenoxy) is 2. The highest BCUT2D eigenvalue weighted by Gasteiger charge is 2.59. The van der Waals surface area contributed by atoms with Crippen molar-refractivity contribution in [1.29, 1.82) is 0 Å². The maximum atomic E-state index is 11.3. The van der Waals surface area contributed by atoms with Crippen molar-refractivity contribution in [3.8, 4) is 0 Å². The fourth-order valence-corrected chi connectivity index (χ4v) is 4.88. The summed E-state index contributed by atoms with van der Waals surface area (Å²) < 4.78 is 9.96. The highest BCUT2D eigenvalue weighted by Crippen LogP contribution is 2.53. The SMILES string of the molecule is CC(=O)OCC(O)(COC(C)=O)[C@@H]1CC[C@@](C)(O)[C@@H]2CC[C@@](C)(O)[C@@H]2[C@H]1O. The van der Waals surface area contributed by atoms with Gasteiger partial charge in [0.15, 0.2) is 0 Å². The number of aliphatic hydroxyl groups is 4. The molecular weight excluding hydrogens is 356 g/mol. The lowest BCUT2D eigenvalue weighted by molar-refractivity contribution is -0.185. The first kappa shape index (κ1) is 22.1. The second kappa shape index (κ2) is 7.66. The summed E-state index contributed by atoms with van der Waals surface area (Å²) in [5, 5.41) is 44.1. The molecule has 0 aromatic rings. The van der Waals surface area contributed by atoms with Crippen LogP contribution in [-0.2, 0) is 19.1 Å². The maximum absolute atomic E-state index is 11.3. The molecule has 0 unspecified atom stereocenters. The second-order valence-electron chi connectivity index (χ2n) is 8.69. The molecular formula is C19H32O8. The Labute approximate surface area is 159 Å². The van der Waals surface area contributed by atoms with Crippen LogP contribution in [0.3, 0.4) is 0 Å². The first-order valence-corrected chi connectivity index (χ1v) is 9.42. The van der Waals surface area contributed by atoms with Crippen LogP contribution in [0.15, 0.2) is 0 Å². The van der Waals surface area contributed by atoms with Crippen LogP contribution in [0.5, 0.6) is 0 Å². The van der Waals surface area contributed by atoms with Gasteiger partial charge in [0.25, 0.3) is 0 Å². The molecule has 0 aromatic heterocycles. The van der Waals surface area contributed by atoms with Crippen molar-refractivity contribution in [1.82, 2.24) is 0 Å². The maximum Gasteiger partial charge on any atom is 0.302 e. The van der Waals surface area contributed by atoms with Crippen LogP contribution in [0.4, 0.5) is 0 Å². The summed E-state index contributed by atoms with van der Waals surface area (Å²) in [7, 11) is 0. The Morgan fingerprint density at radius 3 is 1.96 bits per heavy atom. The van der Waals surface area contributed by atoms with Gasteiger partial charge in [-0.25, -0.2) is 0 Å². The molecule has 0 amide bonds. The van der Waals surface area contributed by atoms with Crippen molar-refractivity contribution >= 4 is 11.9 Å². The van der Waals surface area contributed by atoms with E-state index in [0.717, 1.165) is 0 Å². The molecule has 0 radical (unpaired) electrons. The van der Waals surface area contributed by atoms with Crippen LogP contribution in [0, 0.1) is 17.8 Å². The molecule has 2 aliphatic carbocycles. The van der Waals surface area contributed by atoms with Gasteiger partial charge in [-0.3, -0.25) is 9.59 Å². The molecule has 8 heteroatoms. The first-order valence-electron chi connectivity index (χ1n) is 9.42. The van der Waals surface area contributed by atoms with Crippen LogP contribution in [0.2, 0.25) is 0 Å². The summed E-state index contributed by atoms with van der Waals surface area (Å²) >= 11 is 0. The monoisotopic (exact) mass is 388 g/mol. The smallest absolute Gasteiger partial charge is 0.302 e. The van der Waals surface area contributed by atoms with Gasteiger partial charge in [0.05, 0.1) is 17.3 Å². The Morgan fingerprint density at radius 1 is 1.00 bits per heavy atom. The molecule has 0 bridgehead atoms. The molecule has 2 saturated carbocycles. The average Bonchev–Trinajstić information content (AvgIpc) is 2.81. The van der Waals surface area contributed by atoms with Gasteiger partial charge in [-0.2, -0.15) is 0 Å². The summed E-state index contributed by atoms with van der Waals surface area (Å²) in [4.78, 5) is 22.5. The molecule has 0 saturated heterocycles. The molecule has 8 nitrogen and oxygen atoms in total. The Balaban J connectivity index is 2.38. The third-order valence-corrected chi connectivity index (χ3v) is 6.39. The number of fused-ring (bicyclic) bond motifs is 1. The van der Waals surface area contributed by atoms with Gasteiger partial charge in [-0.05, 0) is 45.4 Å². The number of hydrogen-bond donors (Lipinski definition) is 4. The number of carbonyl (C=O) groups excluding carboxylic acids is 2. The van der Waals surface area contributed by atoms with E-state index in [9.17, 15) is 30.0 Å².